The summed E-state index contributed by atoms with van der Waals surface area (Å²) in [5.74, 6) is 0.224. The van der Waals surface area contributed by atoms with E-state index in [1.807, 2.05) is 11.8 Å². The summed E-state index contributed by atoms with van der Waals surface area (Å²) in [6, 6.07) is 5.32. The molecule has 1 saturated heterocycles. The predicted molar refractivity (Wildman–Crippen MR) is 86.4 cm³/mol. The average molecular weight is 307 g/mol. The van der Waals surface area contributed by atoms with E-state index in [1.165, 1.54) is 22.6 Å². The van der Waals surface area contributed by atoms with E-state index in [2.05, 4.69) is 43.2 Å². The SMILES string of the molecule is Cc1ccc(C2NC(C)C(=O)N2CC(C)N(C)C2CC2)s1. The van der Waals surface area contributed by atoms with Crippen LogP contribution in [0.15, 0.2) is 12.1 Å². The molecule has 1 aromatic rings. The van der Waals surface area contributed by atoms with Gasteiger partial charge in [-0.1, -0.05) is 0 Å². The lowest BCUT2D eigenvalue weighted by Crippen LogP contribution is -2.43. The molecular weight excluding hydrogens is 282 g/mol. The number of amides is 1. The summed E-state index contributed by atoms with van der Waals surface area (Å²) >= 11 is 1.78. The van der Waals surface area contributed by atoms with Gasteiger partial charge < -0.3 is 4.90 Å². The first-order valence-electron chi connectivity index (χ1n) is 7.82. The van der Waals surface area contributed by atoms with Crippen molar-refractivity contribution in [2.45, 2.75) is 57.9 Å². The van der Waals surface area contributed by atoms with Gasteiger partial charge in [0.2, 0.25) is 5.91 Å². The van der Waals surface area contributed by atoms with Crippen LogP contribution in [0.25, 0.3) is 0 Å². The van der Waals surface area contributed by atoms with Gasteiger partial charge in [0.25, 0.3) is 0 Å². The minimum atomic E-state index is -0.0872. The van der Waals surface area contributed by atoms with Gasteiger partial charge in [-0.25, -0.2) is 0 Å². The second-order valence-corrected chi connectivity index (χ2v) is 7.80. The Morgan fingerprint density at radius 2 is 2.19 bits per heavy atom. The van der Waals surface area contributed by atoms with Crippen molar-refractivity contribution >= 4 is 17.2 Å². The fraction of sp³-hybridized carbons (Fsp3) is 0.688. The lowest BCUT2D eigenvalue weighted by atomic mass is 10.2. The molecule has 3 rings (SSSR count). The molecule has 1 aromatic heterocycles. The molecule has 2 aliphatic rings. The van der Waals surface area contributed by atoms with Crippen LogP contribution in [0.5, 0.6) is 0 Å². The molecule has 1 N–H and O–H groups in total. The molecule has 2 heterocycles. The van der Waals surface area contributed by atoms with Crippen molar-refractivity contribution in [1.29, 1.82) is 0 Å². The van der Waals surface area contributed by atoms with E-state index < -0.39 is 0 Å². The van der Waals surface area contributed by atoms with Gasteiger partial charge in [0.1, 0.15) is 6.17 Å². The lowest BCUT2D eigenvalue weighted by Gasteiger charge is -2.31. The molecule has 2 fully saturated rings. The molecular formula is C16H25N3OS. The molecule has 0 bridgehead atoms. The van der Waals surface area contributed by atoms with Crippen molar-refractivity contribution in [3.63, 3.8) is 0 Å². The first-order valence-corrected chi connectivity index (χ1v) is 8.64. The Labute approximate surface area is 131 Å². The molecule has 3 atom stereocenters. The van der Waals surface area contributed by atoms with Crippen molar-refractivity contribution in [3.8, 4) is 0 Å². The quantitative estimate of drug-likeness (QED) is 0.907. The molecule has 116 valence electrons. The van der Waals surface area contributed by atoms with E-state index in [9.17, 15) is 4.79 Å². The van der Waals surface area contributed by atoms with Crippen LogP contribution in [0.4, 0.5) is 0 Å². The number of nitrogens with zero attached hydrogens (tertiary/aromatic N) is 2. The maximum Gasteiger partial charge on any atom is 0.241 e. The van der Waals surface area contributed by atoms with Gasteiger partial charge in [-0.15, -0.1) is 11.3 Å². The van der Waals surface area contributed by atoms with Crippen molar-refractivity contribution in [3.05, 3.63) is 21.9 Å². The molecule has 1 aliphatic heterocycles. The van der Waals surface area contributed by atoms with Gasteiger partial charge in [-0.3, -0.25) is 15.0 Å². The third-order valence-corrected chi connectivity index (χ3v) is 5.74. The fourth-order valence-electron chi connectivity index (χ4n) is 3.06. The molecule has 21 heavy (non-hydrogen) atoms. The Hall–Kier alpha value is -0.910. The molecule has 1 aliphatic carbocycles. The van der Waals surface area contributed by atoms with Gasteiger partial charge in [-0.2, -0.15) is 0 Å². The second-order valence-electron chi connectivity index (χ2n) is 6.48. The first-order chi connectivity index (χ1) is 9.97. The third kappa shape index (κ3) is 3.00. The van der Waals surface area contributed by atoms with Crippen LogP contribution in [-0.2, 0) is 4.79 Å². The number of nitrogens with one attached hydrogen (secondary N) is 1. The van der Waals surface area contributed by atoms with E-state index in [0.717, 1.165) is 12.6 Å². The third-order valence-electron chi connectivity index (χ3n) is 4.68. The standard InChI is InChI=1S/C16H25N3OS/c1-10(18(4)13-6-7-13)9-19-15(17-12(3)16(19)20)14-8-5-11(2)21-14/h5,8,10,12-13,15,17H,6-7,9H2,1-4H3. The number of hydrogen-bond donors (Lipinski definition) is 1. The number of hydrogen-bond acceptors (Lipinski definition) is 4. The molecule has 1 saturated carbocycles. The molecule has 5 heteroatoms. The van der Waals surface area contributed by atoms with E-state index in [4.69, 9.17) is 0 Å². The number of thiophene rings is 1. The summed E-state index contributed by atoms with van der Waals surface area (Å²) in [7, 11) is 2.18. The smallest absolute Gasteiger partial charge is 0.241 e. The highest BCUT2D eigenvalue weighted by atomic mass is 32.1. The van der Waals surface area contributed by atoms with Crippen molar-refractivity contribution in [2.24, 2.45) is 0 Å². The number of carbonyl (C=O) groups is 1. The molecule has 1 amide bonds. The Morgan fingerprint density at radius 1 is 1.48 bits per heavy atom. The van der Waals surface area contributed by atoms with Crippen molar-refractivity contribution in [1.82, 2.24) is 15.1 Å². The van der Waals surface area contributed by atoms with Crippen molar-refractivity contribution in [2.75, 3.05) is 13.6 Å². The van der Waals surface area contributed by atoms with Crippen LogP contribution in [-0.4, -0.2) is 47.4 Å². The fourth-order valence-corrected chi connectivity index (χ4v) is 4.01. The molecule has 0 radical (unpaired) electrons. The Balaban J connectivity index is 1.74. The summed E-state index contributed by atoms with van der Waals surface area (Å²) in [4.78, 5) is 19.5. The first kappa shape index (κ1) is 15.0. The van der Waals surface area contributed by atoms with Gasteiger partial charge in [0.15, 0.2) is 0 Å². The zero-order valence-electron chi connectivity index (χ0n) is 13.3. The summed E-state index contributed by atoms with van der Waals surface area (Å²) < 4.78 is 0. The molecule has 3 unspecified atom stereocenters. The van der Waals surface area contributed by atoms with Crippen LogP contribution in [0.1, 0.15) is 42.6 Å². The zero-order chi connectivity index (χ0) is 15.1. The van der Waals surface area contributed by atoms with Gasteiger partial charge in [-0.05, 0) is 52.8 Å². The summed E-state index contributed by atoms with van der Waals surface area (Å²) in [5, 5.41) is 3.44. The Bertz CT molecular complexity index is 525. The minimum Gasteiger partial charge on any atom is -0.319 e. The zero-order valence-corrected chi connectivity index (χ0v) is 14.1. The normalized spacial score (nSPS) is 27.7. The summed E-state index contributed by atoms with van der Waals surface area (Å²) in [5.41, 5.74) is 0. The summed E-state index contributed by atoms with van der Waals surface area (Å²) in [6.07, 6.45) is 2.65. The molecule has 4 nitrogen and oxygen atoms in total. The van der Waals surface area contributed by atoms with Gasteiger partial charge in [0.05, 0.1) is 6.04 Å². The second kappa shape index (κ2) is 5.71. The van der Waals surface area contributed by atoms with Crippen LogP contribution < -0.4 is 5.32 Å². The van der Waals surface area contributed by atoms with Crippen LogP contribution in [0.3, 0.4) is 0 Å². The number of rotatable bonds is 5. The monoisotopic (exact) mass is 307 g/mol. The van der Waals surface area contributed by atoms with E-state index in [-0.39, 0.29) is 18.1 Å². The van der Waals surface area contributed by atoms with E-state index in [1.54, 1.807) is 11.3 Å². The van der Waals surface area contributed by atoms with E-state index in [0.29, 0.717) is 6.04 Å². The lowest BCUT2D eigenvalue weighted by molar-refractivity contribution is -0.130. The molecule has 0 aromatic carbocycles. The van der Waals surface area contributed by atoms with Crippen molar-refractivity contribution < 1.29 is 4.79 Å². The highest BCUT2D eigenvalue weighted by Crippen LogP contribution is 2.32. The van der Waals surface area contributed by atoms with Crippen LogP contribution in [0, 0.1) is 6.92 Å². The molecule has 0 spiro atoms. The number of likely N-dealkylation sites (N-methyl/N-ethyl adjacent to an activating group) is 1. The van der Waals surface area contributed by atoms with Gasteiger partial charge in [0, 0.05) is 28.4 Å². The number of carbonyl (C=O) groups excluding carboxylic acids is 1. The number of aryl methyl sites for hydroxylation is 1. The maximum absolute atomic E-state index is 12.5. The summed E-state index contributed by atoms with van der Waals surface area (Å²) in [6.45, 7) is 7.10. The largest absolute Gasteiger partial charge is 0.319 e. The Kier molecular flexibility index (Phi) is 4.08. The topological polar surface area (TPSA) is 35.6 Å². The van der Waals surface area contributed by atoms with E-state index >= 15 is 0 Å². The highest BCUT2D eigenvalue weighted by molar-refractivity contribution is 7.12. The minimum absolute atomic E-state index is 0.0428. The Morgan fingerprint density at radius 3 is 2.76 bits per heavy atom. The predicted octanol–water partition coefficient (Wildman–Crippen LogP) is 2.36. The van der Waals surface area contributed by atoms with Gasteiger partial charge >= 0.3 is 0 Å². The van der Waals surface area contributed by atoms with Crippen LogP contribution in [0.2, 0.25) is 0 Å². The van der Waals surface area contributed by atoms with Crippen LogP contribution >= 0.6 is 11.3 Å². The maximum atomic E-state index is 12.5. The highest BCUT2D eigenvalue weighted by Gasteiger charge is 2.39. The average Bonchev–Trinajstić information content (AvgIpc) is 3.16.